The van der Waals surface area contributed by atoms with Gasteiger partial charge in [0.15, 0.2) is 0 Å². The molecule has 0 aliphatic carbocycles. The molecule has 0 radical (unpaired) electrons. The molecule has 2 fully saturated rings. The number of amides is 1. The lowest BCUT2D eigenvalue weighted by Gasteiger charge is -2.23. The van der Waals surface area contributed by atoms with Crippen LogP contribution in [-0.2, 0) is 4.79 Å². The minimum Gasteiger partial charge on any atom is -0.486 e. The lowest BCUT2D eigenvalue weighted by molar-refractivity contribution is -0.132. The van der Waals surface area contributed by atoms with Gasteiger partial charge < -0.3 is 14.7 Å². The van der Waals surface area contributed by atoms with Crippen LogP contribution in [0.15, 0.2) is 24.5 Å². The Labute approximate surface area is 137 Å². The number of aliphatic hydroxyl groups excluding tert-OH is 1. The van der Waals surface area contributed by atoms with E-state index in [1.165, 1.54) is 12.8 Å². The Balaban J connectivity index is 1.53. The number of nitrogens with zero attached hydrogens (tertiary/aromatic N) is 3. The second kappa shape index (κ2) is 7.75. The molecule has 1 amide bonds. The highest BCUT2D eigenvalue weighted by Gasteiger charge is 2.29. The number of rotatable bonds is 4. The molecular weight excluding hydrogens is 294 g/mol. The summed E-state index contributed by atoms with van der Waals surface area (Å²) >= 11 is 0. The molecular formula is C17H25N3O3. The number of carbonyl (C=O) groups excluding carboxylic acids is 1. The first kappa shape index (κ1) is 16.2. The number of aliphatic hydroxyl groups is 1. The third-order valence-corrected chi connectivity index (χ3v) is 4.64. The highest BCUT2D eigenvalue weighted by atomic mass is 16.5. The summed E-state index contributed by atoms with van der Waals surface area (Å²) in [5.74, 6) is 0.828. The van der Waals surface area contributed by atoms with Gasteiger partial charge in [-0.25, -0.2) is 0 Å². The molecule has 6 heteroatoms. The second-order valence-electron chi connectivity index (χ2n) is 6.35. The summed E-state index contributed by atoms with van der Waals surface area (Å²) in [4.78, 5) is 20.5. The summed E-state index contributed by atoms with van der Waals surface area (Å²) in [7, 11) is 0. The van der Waals surface area contributed by atoms with E-state index in [9.17, 15) is 9.90 Å². The largest absolute Gasteiger partial charge is 0.486 e. The Morgan fingerprint density at radius 1 is 1.26 bits per heavy atom. The Morgan fingerprint density at radius 3 is 2.78 bits per heavy atom. The summed E-state index contributed by atoms with van der Waals surface area (Å²) < 4.78 is 5.85. The average molecular weight is 319 g/mol. The normalized spacial score (nSPS) is 26.0. The molecule has 0 bridgehead atoms. The zero-order valence-corrected chi connectivity index (χ0v) is 13.4. The predicted octanol–water partition coefficient (Wildman–Crippen LogP) is 0.908. The molecule has 0 aromatic carbocycles. The van der Waals surface area contributed by atoms with Crippen molar-refractivity contribution in [1.29, 1.82) is 0 Å². The summed E-state index contributed by atoms with van der Waals surface area (Å²) in [6.07, 6.45) is 6.06. The Morgan fingerprint density at radius 2 is 2.04 bits per heavy atom. The molecule has 1 N–H and O–H groups in total. The smallest absolute Gasteiger partial charge is 0.236 e. The van der Waals surface area contributed by atoms with Crippen LogP contribution >= 0.6 is 0 Å². The van der Waals surface area contributed by atoms with E-state index >= 15 is 0 Å². The second-order valence-corrected chi connectivity index (χ2v) is 6.35. The van der Waals surface area contributed by atoms with E-state index in [1.54, 1.807) is 12.4 Å². The number of ether oxygens (including phenoxy) is 1. The van der Waals surface area contributed by atoms with Gasteiger partial charge in [-0.15, -0.1) is 0 Å². The molecule has 3 heterocycles. The van der Waals surface area contributed by atoms with E-state index in [-0.39, 0.29) is 12.0 Å². The van der Waals surface area contributed by atoms with Crippen molar-refractivity contribution in [2.75, 3.05) is 32.7 Å². The van der Waals surface area contributed by atoms with E-state index in [0.29, 0.717) is 38.2 Å². The maximum absolute atomic E-state index is 12.4. The van der Waals surface area contributed by atoms with Gasteiger partial charge in [0.2, 0.25) is 5.91 Å². The van der Waals surface area contributed by atoms with Crippen LogP contribution in [0.1, 0.15) is 25.7 Å². The molecule has 126 valence electrons. The topological polar surface area (TPSA) is 65.9 Å². The maximum Gasteiger partial charge on any atom is 0.236 e. The number of hydrogen-bond acceptors (Lipinski definition) is 5. The van der Waals surface area contributed by atoms with E-state index < -0.39 is 6.10 Å². The van der Waals surface area contributed by atoms with E-state index in [1.807, 2.05) is 17.0 Å². The van der Waals surface area contributed by atoms with Gasteiger partial charge in [-0.05, 0) is 44.5 Å². The lowest BCUT2D eigenvalue weighted by atomic mass is 10.1. The summed E-state index contributed by atoms with van der Waals surface area (Å²) in [6, 6.07) is 3.64. The van der Waals surface area contributed by atoms with E-state index in [4.69, 9.17) is 4.74 Å². The molecule has 0 saturated carbocycles. The molecule has 1 aromatic rings. The fraction of sp³-hybridized carbons (Fsp3) is 0.647. The quantitative estimate of drug-likeness (QED) is 0.893. The standard InChI is InChI=1S/C17H25N3O3/c21-15-5-10-20(17(22)13-19-8-1-2-9-19)11-6-16(15)23-14-4-3-7-18-12-14/h3-4,7,12,15-16,21H,1-2,5-6,8-11,13H2/t15-,16-/m0/s1. The van der Waals surface area contributed by atoms with Gasteiger partial charge in [0, 0.05) is 25.7 Å². The van der Waals surface area contributed by atoms with Crippen molar-refractivity contribution in [2.24, 2.45) is 0 Å². The van der Waals surface area contributed by atoms with Crippen LogP contribution < -0.4 is 4.74 Å². The van der Waals surface area contributed by atoms with Crippen molar-refractivity contribution >= 4 is 5.91 Å². The minimum absolute atomic E-state index is 0.168. The highest BCUT2D eigenvalue weighted by Crippen LogP contribution is 2.19. The Bertz CT molecular complexity index is 505. The van der Waals surface area contributed by atoms with Gasteiger partial charge >= 0.3 is 0 Å². The van der Waals surface area contributed by atoms with Crippen LogP contribution in [0, 0.1) is 0 Å². The summed E-state index contributed by atoms with van der Waals surface area (Å²) in [6.45, 7) is 3.78. The van der Waals surface area contributed by atoms with Crippen molar-refractivity contribution in [1.82, 2.24) is 14.8 Å². The van der Waals surface area contributed by atoms with Crippen molar-refractivity contribution in [3.8, 4) is 5.75 Å². The highest BCUT2D eigenvalue weighted by molar-refractivity contribution is 5.78. The summed E-state index contributed by atoms with van der Waals surface area (Å²) in [5.41, 5.74) is 0. The van der Waals surface area contributed by atoms with Crippen LogP contribution in [0.2, 0.25) is 0 Å². The van der Waals surface area contributed by atoms with Gasteiger partial charge in [0.05, 0.1) is 18.8 Å². The Kier molecular flexibility index (Phi) is 5.46. The number of aromatic nitrogens is 1. The third kappa shape index (κ3) is 4.42. The number of hydrogen-bond donors (Lipinski definition) is 1. The zero-order chi connectivity index (χ0) is 16.1. The first-order chi connectivity index (χ1) is 11.2. The number of pyridine rings is 1. The molecule has 2 aliphatic heterocycles. The van der Waals surface area contributed by atoms with Gasteiger partial charge in [-0.3, -0.25) is 14.7 Å². The molecule has 2 aliphatic rings. The fourth-order valence-corrected chi connectivity index (χ4v) is 3.27. The van der Waals surface area contributed by atoms with E-state index in [0.717, 1.165) is 13.1 Å². The minimum atomic E-state index is -0.556. The van der Waals surface area contributed by atoms with Crippen LogP contribution in [0.5, 0.6) is 5.75 Å². The number of carbonyl (C=O) groups is 1. The predicted molar refractivity (Wildman–Crippen MR) is 86.1 cm³/mol. The molecule has 0 unspecified atom stereocenters. The maximum atomic E-state index is 12.4. The third-order valence-electron chi connectivity index (χ3n) is 4.64. The van der Waals surface area contributed by atoms with Gasteiger partial charge in [-0.2, -0.15) is 0 Å². The number of likely N-dealkylation sites (tertiary alicyclic amines) is 2. The molecule has 6 nitrogen and oxygen atoms in total. The first-order valence-electron chi connectivity index (χ1n) is 8.47. The van der Waals surface area contributed by atoms with Gasteiger partial charge in [-0.1, -0.05) is 0 Å². The monoisotopic (exact) mass is 319 g/mol. The van der Waals surface area contributed by atoms with Gasteiger partial charge in [0.25, 0.3) is 0 Å². The van der Waals surface area contributed by atoms with Gasteiger partial charge in [0.1, 0.15) is 11.9 Å². The van der Waals surface area contributed by atoms with Crippen molar-refractivity contribution in [2.45, 2.75) is 37.9 Å². The molecule has 23 heavy (non-hydrogen) atoms. The van der Waals surface area contributed by atoms with Crippen LogP contribution in [-0.4, -0.2) is 70.7 Å². The zero-order valence-electron chi connectivity index (χ0n) is 13.4. The molecule has 1 aromatic heterocycles. The average Bonchev–Trinajstić information content (AvgIpc) is 3.00. The molecule has 0 spiro atoms. The molecule has 2 saturated heterocycles. The molecule has 2 atom stereocenters. The lowest BCUT2D eigenvalue weighted by Crippen LogP contribution is -2.40. The van der Waals surface area contributed by atoms with Crippen LogP contribution in [0.25, 0.3) is 0 Å². The van der Waals surface area contributed by atoms with Crippen LogP contribution in [0.4, 0.5) is 0 Å². The van der Waals surface area contributed by atoms with Crippen molar-refractivity contribution < 1.29 is 14.6 Å². The van der Waals surface area contributed by atoms with Crippen molar-refractivity contribution in [3.63, 3.8) is 0 Å². The SMILES string of the molecule is O=C(CN1CCCC1)N1CC[C@H](Oc2cccnc2)[C@@H](O)CC1. The van der Waals surface area contributed by atoms with Crippen molar-refractivity contribution in [3.05, 3.63) is 24.5 Å². The Hall–Kier alpha value is -1.66. The first-order valence-corrected chi connectivity index (χ1v) is 8.47. The van der Waals surface area contributed by atoms with E-state index in [2.05, 4.69) is 9.88 Å². The fourth-order valence-electron chi connectivity index (χ4n) is 3.27. The van der Waals surface area contributed by atoms with Crippen LogP contribution in [0.3, 0.4) is 0 Å². The molecule has 3 rings (SSSR count). The summed E-state index contributed by atoms with van der Waals surface area (Å²) in [5, 5.41) is 10.3.